The molecule has 1 fully saturated rings. The van der Waals surface area contributed by atoms with Gasteiger partial charge in [0, 0.05) is 11.6 Å². The Bertz CT molecular complexity index is 788. The van der Waals surface area contributed by atoms with Crippen LogP contribution < -0.4 is 5.32 Å². The molecule has 0 radical (unpaired) electrons. The van der Waals surface area contributed by atoms with Crippen molar-refractivity contribution in [2.75, 3.05) is 5.32 Å². The quantitative estimate of drug-likeness (QED) is 0.913. The molecule has 1 saturated carbocycles. The first-order chi connectivity index (χ1) is 10.3. The summed E-state index contributed by atoms with van der Waals surface area (Å²) in [6.45, 7) is 3.50. The van der Waals surface area contributed by atoms with Gasteiger partial charge >= 0.3 is 5.97 Å². The van der Waals surface area contributed by atoms with Crippen molar-refractivity contribution < 1.29 is 19.1 Å². The molecule has 2 unspecified atom stereocenters. The minimum absolute atomic E-state index is 0.171. The third kappa shape index (κ3) is 2.11. The summed E-state index contributed by atoms with van der Waals surface area (Å²) < 4.78 is 13.7. The molecular formula is C16H15FN2O3. The molecule has 1 aliphatic carbocycles. The van der Waals surface area contributed by atoms with Crippen LogP contribution in [0.25, 0.3) is 10.9 Å². The van der Waals surface area contributed by atoms with E-state index >= 15 is 0 Å². The molecule has 3 rings (SSSR count). The van der Waals surface area contributed by atoms with Crippen molar-refractivity contribution in [1.29, 1.82) is 0 Å². The summed E-state index contributed by atoms with van der Waals surface area (Å²) in [6.07, 6.45) is 1.41. The van der Waals surface area contributed by atoms with E-state index in [-0.39, 0.29) is 11.4 Å². The molecule has 22 heavy (non-hydrogen) atoms. The normalized spacial score (nSPS) is 22.3. The number of nitrogens with zero attached hydrogens (tertiary/aromatic N) is 1. The van der Waals surface area contributed by atoms with Crippen molar-refractivity contribution in [3.63, 3.8) is 0 Å². The van der Waals surface area contributed by atoms with Crippen molar-refractivity contribution in [2.45, 2.75) is 13.8 Å². The van der Waals surface area contributed by atoms with Gasteiger partial charge < -0.3 is 10.4 Å². The Morgan fingerprint density at radius 1 is 1.27 bits per heavy atom. The average molecular weight is 302 g/mol. The third-order valence-electron chi connectivity index (χ3n) is 4.36. The summed E-state index contributed by atoms with van der Waals surface area (Å²) in [7, 11) is 0. The maximum absolute atomic E-state index is 13.7. The number of para-hydroxylation sites is 1. The first-order valence-electron chi connectivity index (χ1n) is 6.91. The molecular weight excluding hydrogens is 287 g/mol. The fraction of sp³-hybridized carbons (Fsp3) is 0.312. The fourth-order valence-electron chi connectivity index (χ4n) is 3.05. The molecule has 1 heterocycles. The second-order valence-corrected chi connectivity index (χ2v) is 6.10. The number of hydrogen-bond acceptors (Lipinski definition) is 3. The van der Waals surface area contributed by atoms with Gasteiger partial charge in [0.05, 0.1) is 17.5 Å². The summed E-state index contributed by atoms with van der Waals surface area (Å²) in [5.74, 6) is -3.10. The molecule has 0 saturated heterocycles. The molecule has 1 amide bonds. The van der Waals surface area contributed by atoms with Crippen LogP contribution in [-0.4, -0.2) is 22.0 Å². The number of amides is 1. The molecule has 6 heteroatoms. The number of carboxylic acids is 1. The number of benzene rings is 1. The Hall–Kier alpha value is -2.50. The lowest BCUT2D eigenvalue weighted by molar-refractivity contribution is -0.140. The van der Waals surface area contributed by atoms with Gasteiger partial charge in [-0.3, -0.25) is 14.6 Å². The fourth-order valence-corrected chi connectivity index (χ4v) is 3.05. The van der Waals surface area contributed by atoms with Crippen LogP contribution in [0.5, 0.6) is 0 Å². The van der Waals surface area contributed by atoms with Crippen LogP contribution in [0.1, 0.15) is 13.8 Å². The number of carboxylic acid groups (broad SMARTS) is 1. The van der Waals surface area contributed by atoms with Gasteiger partial charge in [-0.1, -0.05) is 26.0 Å². The van der Waals surface area contributed by atoms with Crippen LogP contribution in [0.2, 0.25) is 0 Å². The number of rotatable bonds is 3. The molecule has 5 nitrogen and oxygen atoms in total. The summed E-state index contributed by atoms with van der Waals surface area (Å²) in [6, 6.07) is 6.07. The van der Waals surface area contributed by atoms with Gasteiger partial charge in [0.25, 0.3) is 0 Å². The second kappa shape index (κ2) is 4.76. The molecule has 2 atom stereocenters. The number of hydrogen-bond donors (Lipinski definition) is 2. The van der Waals surface area contributed by atoms with Gasteiger partial charge in [0.2, 0.25) is 5.91 Å². The zero-order valence-corrected chi connectivity index (χ0v) is 12.1. The average Bonchev–Trinajstić information content (AvgIpc) is 3.03. The lowest BCUT2D eigenvalue weighted by Crippen LogP contribution is -2.18. The maximum atomic E-state index is 13.7. The zero-order valence-electron chi connectivity index (χ0n) is 12.1. The number of halogens is 1. The molecule has 2 N–H and O–H groups in total. The molecule has 0 spiro atoms. The highest BCUT2D eigenvalue weighted by Gasteiger charge is 2.65. The van der Waals surface area contributed by atoms with Crippen molar-refractivity contribution in [3.05, 3.63) is 36.3 Å². The molecule has 1 aliphatic rings. The Morgan fingerprint density at radius 3 is 2.64 bits per heavy atom. The number of carbonyl (C=O) groups excluding carboxylic acids is 1. The van der Waals surface area contributed by atoms with Gasteiger partial charge in [-0.2, -0.15) is 0 Å². The number of aromatic nitrogens is 1. The predicted octanol–water partition coefficient (Wildman–Crippen LogP) is 2.67. The van der Waals surface area contributed by atoms with E-state index in [1.807, 2.05) is 0 Å². The van der Waals surface area contributed by atoms with Crippen molar-refractivity contribution in [2.24, 2.45) is 17.3 Å². The van der Waals surface area contributed by atoms with Gasteiger partial charge in [-0.25, -0.2) is 4.39 Å². The molecule has 0 aliphatic heterocycles. The van der Waals surface area contributed by atoms with Gasteiger partial charge in [-0.05, 0) is 17.5 Å². The zero-order chi connectivity index (χ0) is 16.1. The highest BCUT2D eigenvalue weighted by atomic mass is 19.1. The van der Waals surface area contributed by atoms with E-state index in [0.29, 0.717) is 11.1 Å². The Kier molecular flexibility index (Phi) is 3.12. The van der Waals surface area contributed by atoms with Crippen molar-refractivity contribution >= 4 is 28.5 Å². The number of anilines is 1. The lowest BCUT2D eigenvalue weighted by Gasteiger charge is -2.09. The van der Waals surface area contributed by atoms with Crippen LogP contribution in [-0.2, 0) is 9.59 Å². The van der Waals surface area contributed by atoms with Crippen LogP contribution in [0.15, 0.2) is 30.5 Å². The van der Waals surface area contributed by atoms with Crippen molar-refractivity contribution in [3.8, 4) is 0 Å². The molecule has 0 bridgehead atoms. The van der Waals surface area contributed by atoms with Gasteiger partial charge in [0.15, 0.2) is 0 Å². The smallest absolute Gasteiger partial charge is 0.307 e. The first kappa shape index (κ1) is 14.4. The van der Waals surface area contributed by atoms with Crippen LogP contribution >= 0.6 is 0 Å². The molecule has 114 valence electrons. The first-order valence-corrected chi connectivity index (χ1v) is 6.91. The summed E-state index contributed by atoms with van der Waals surface area (Å²) in [5, 5.41) is 12.3. The monoisotopic (exact) mass is 302 g/mol. The number of pyridine rings is 1. The molecule has 1 aromatic heterocycles. The molecule has 2 aromatic rings. The molecule has 1 aromatic carbocycles. The van der Waals surface area contributed by atoms with Crippen molar-refractivity contribution in [1.82, 2.24) is 4.98 Å². The predicted molar refractivity (Wildman–Crippen MR) is 78.7 cm³/mol. The number of nitrogens with one attached hydrogen (secondary N) is 1. The van der Waals surface area contributed by atoms with E-state index < -0.39 is 29.0 Å². The minimum Gasteiger partial charge on any atom is -0.481 e. The number of fused-ring (bicyclic) bond motifs is 1. The summed E-state index contributed by atoms with van der Waals surface area (Å²) in [5.41, 5.74) is 0.0239. The van der Waals surface area contributed by atoms with Gasteiger partial charge in [-0.15, -0.1) is 0 Å². The number of aliphatic carboxylic acids is 1. The number of carbonyl (C=O) groups is 2. The van der Waals surface area contributed by atoms with Gasteiger partial charge in [0.1, 0.15) is 11.3 Å². The van der Waals surface area contributed by atoms with E-state index in [1.54, 1.807) is 26.0 Å². The topological polar surface area (TPSA) is 79.3 Å². The summed E-state index contributed by atoms with van der Waals surface area (Å²) >= 11 is 0. The largest absolute Gasteiger partial charge is 0.481 e. The van der Waals surface area contributed by atoms with E-state index in [4.69, 9.17) is 5.11 Å². The summed E-state index contributed by atoms with van der Waals surface area (Å²) in [4.78, 5) is 27.5. The van der Waals surface area contributed by atoms with E-state index in [9.17, 15) is 14.0 Å². The lowest BCUT2D eigenvalue weighted by atomic mass is 10.1. The highest BCUT2D eigenvalue weighted by molar-refractivity contribution is 6.05. The minimum atomic E-state index is -0.976. The third-order valence-corrected chi connectivity index (χ3v) is 4.36. The van der Waals surface area contributed by atoms with E-state index in [2.05, 4.69) is 10.3 Å². The van der Waals surface area contributed by atoms with Crippen LogP contribution in [0.4, 0.5) is 10.1 Å². The standard InChI is InChI=1S/C16H15FN2O3/c1-16(2)11(12(16)15(21)22)14(20)19-10-6-7-18-13-8(10)4-3-5-9(13)17/h3-7,11-12H,1-2H3,(H,21,22)(H,18,19,20). The Balaban J connectivity index is 1.90. The second-order valence-electron chi connectivity index (χ2n) is 6.10. The van der Waals surface area contributed by atoms with E-state index in [0.717, 1.165) is 0 Å². The maximum Gasteiger partial charge on any atom is 0.307 e. The Morgan fingerprint density at radius 2 is 2.00 bits per heavy atom. The van der Waals surface area contributed by atoms with E-state index in [1.165, 1.54) is 18.3 Å². The van der Waals surface area contributed by atoms with Crippen LogP contribution in [0, 0.1) is 23.1 Å². The SMILES string of the molecule is CC1(C)C(C(=O)O)C1C(=O)Nc1ccnc2c(F)cccc12. The van der Waals surface area contributed by atoms with Crippen LogP contribution in [0.3, 0.4) is 0 Å². The highest BCUT2D eigenvalue weighted by Crippen LogP contribution is 2.58. The Labute approximate surface area is 126 Å².